The van der Waals surface area contributed by atoms with Crippen molar-refractivity contribution in [3.63, 3.8) is 0 Å². The van der Waals surface area contributed by atoms with Crippen LogP contribution in [0, 0.1) is 18.3 Å². The molecule has 0 unspecified atom stereocenters. The first-order valence-electron chi connectivity index (χ1n) is 9.01. The lowest BCUT2D eigenvalue weighted by Crippen LogP contribution is -2.40. The van der Waals surface area contributed by atoms with Crippen LogP contribution >= 0.6 is 0 Å². The Morgan fingerprint density at radius 2 is 1.75 bits per heavy atom. The Morgan fingerprint density at radius 1 is 1.07 bits per heavy atom. The fraction of sp³-hybridized carbons (Fsp3) is 0.182. The molecule has 0 radical (unpaired) electrons. The number of aryl methyl sites for hydroxylation is 1. The van der Waals surface area contributed by atoms with Crippen molar-refractivity contribution >= 4 is 11.8 Å². The number of nitriles is 1. The molecule has 2 aromatic carbocycles. The molecular formula is C22H18N4O2. The Labute approximate surface area is 162 Å². The summed E-state index contributed by atoms with van der Waals surface area (Å²) in [7, 11) is 0. The maximum Gasteiger partial charge on any atom is 0.261 e. The van der Waals surface area contributed by atoms with E-state index >= 15 is 0 Å². The highest BCUT2D eigenvalue weighted by Crippen LogP contribution is 2.25. The van der Waals surface area contributed by atoms with Crippen LogP contribution in [-0.4, -0.2) is 32.5 Å². The summed E-state index contributed by atoms with van der Waals surface area (Å²) in [4.78, 5) is 26.5. The zero-order valence-electron chi connectivity index (χ0n) is 15.6. The Hall–Kier alpha value is -3.72. The van der Waals surface area contributed by atoms with Gasteiger partial charge in [-0.25, -0.2) is 0 Å². The van der Waals surface area contributed by atoms with E-state index in [-0.39, 0.29) is 17.9 Å². The summed E-state index contributed by atoms with van der Waals surface area (Å²) in [6, 6.07) is 16.2. The maximum atomic E-state index is 12.6. The van der Waals surface area contributed by atoms with Crippen molar-refractivity contribution in [1.29, 1.82) is 5.26 Å². The number of hydrogen-bond donors (Lipinski definition) is 0. The van der Waals surface area contributed by atoms with Crippen LogP contribution < -0.4 is 0 Å². The van der Waals surface area contributed by atoms with Crippen LogP contribution in [0.2, 0.25) is 0 Å². The first kappa shape index (κ1) is 17.7. The summed E-state index contributed by atoms with van der Waals surface area (Å²) in [6.45, 7) is 4.14. The third kappa shape index (κ3) is 2.87. The van der Waals surface area contributed by atoms with Crippen molar-refractivity contribution in [3.05, 3.63) is 77.0 Å². The minimum atomic E-state index is -0.331. The number of nitrogens with zero attached hydrogens (tertiary/aromatic N) is 4. The lowest BCUT2D eigenvalue weighted by molar-refractivity contribution is 0.0581. The second-order valence-electron chi connectivity index (χ2n) is 6.94. The lowest BCUT2D eigenvalue weighted by atomic mass is 10.0. The zero-order chi connectivity index (χ0) is 19.8. The minimum absolute atomic E-state index is 0.261. The predicted octanol–water partition coefficient (Wildman–Crippen LogP) is 3.41. The van der Waals surface area contributed by atoms with E-state index in [9.17, 15) is 9.59 Å². The highest BCUT2D eigenvalue weighted by molar-refractivity contribution is 6.21. The first-order chi connectivity index (χ1) is 13.5. The highest BCUT2D eigenvalue weighted by Gasteiger charge is 2.38. The van der Waals surface area contributed by atoms with Gasteiger partial charge in [-0.05, 0) is 49.7 Å². The number of aromatic nitrogens is 2. The van der Waals surface area contributed by atoms with Gasteiger partial charge in [0.25, 0.3) is 11.8 Å². The average Bonchev–Trinajstić information content (AvgIpc) is 3.25. The molecule has 4 rings (SSSR count). The Bertz CT molecular complexity index is 1100. The number of hydrogen-bond acceptors (Lipinski definition) is 4. The van der Waals surface area contributed by atoms with Gasteiger partial charge in [-0.3, -0.25) is 19.2 Å². The smallest absolute Gasteiger partial charge is 0.261 e. The van der Waals surface area contributed by atoms with E-state index in [1.54, 1.807) is 35.0 Å². The summed E-state index contributed by atoms with van der Waals surface area (Å²) in [6.07, 6.45) is 1.83. The summed E-state index contributed by atoms with van der Waals surface area (Å²) < 4.78 is 1.73. The molecule has 0 aliphatic carbocycles. The number of imide groups is 1. The molecule has 28 heavy (non-hydrogen) atoms. The van der Waals surface area contributed by atoms with E-state index < -0.39 is 0 Å². The topological polar surface area (TPSA) is 79.0 Å². The van der Waals surface area contributed by atoms with Gasteiger partial charge >= 0.3 is 0 Å². The number of benzene rings is 2. The van der Waals surface area contributed by atoms with Crippen LogP contribution in [0.1, 0.15) is 38.8 Å². The molecule has 2 amide bonds. The van der Waals surface area contributed by atoms with Gasteiger partial charge in [0, 0.05) is 11.8 Å². The van der Waals surface area contributed by atoms with E-state index in [1.807, 2.05) is 38.2 Å². The molecular weight excluding hydrogens is 352 g/mol. The van der Waals surface area contributed by atoms with Gasteiger partial charge in [-0.1, -0.05) is 18.2 Å². The van der Waals surface area contributed by atoms with Crippen LogP contribution in [0.15, 0.2) is 54.7 Å². The van der Waals surface area contributed by atoms with Gasteiger partial charge in [-0.2, -0.15) is 10.4 Å². The van der Waals surface area contributed by atoms with Crippen molar-refractivity contribution < 1.29 is 9.59 Å². The van der Waals surface area contributed by atoms with Crippen LogP contribution in [-0.2, 0) is 6.54 Å². The molecule has 1 aromatic heterocycles. The second-order valence-corrected chi connectivity index (χ2v) is 6.94. The Balaban J connectivity index is 1.53. The van der Waals surface area contributed by atoms with Gasteiger partial charge < -0.3 is 0 Å². The fourth-order valence-corrected chi connectivity index (χ4v) is 3.53. The number of carbonyl (C=O) groups is 2. The van der Waals surface area contributed by atoms with Crippen molar-refractivity contribution in [2.75, 3.05) is 0 Å². The van der Waals surface area contributed by atoms with Gasteiger partial charge in [0.05, 0.1) is 41.0 Å². The molecule has 1 aliphatic heterocycles. The average molecular weight is 370 g/mol. The molecule has 2 heterocycles. The van der Waals surface area contributed by atoms with E-state index in [4.69, 9.17) is 5.26 Å². The molecule has 0 saturated carbocycles. The van der Waals surface area contributed by atoms with Crippen LogP contribution in [0.3, 0.4) is 0 Å². The summed E-state index contributed by atoms with van der Waals surface area (Å²) in [5.41, 5.74) is 4.14. The van der Waals surface area contributed by atoms with Crippen LogP contribution in [0.4, 0.5) is 0 Å². The molecule has 138 valence electrons. The SMILES string of the molecule is Cc1cc(-c2ccn(C[C@H](C)N3C(=O)c4ccccc4C3=O)n2)ccc1C#N. The molecule has 6 nitrogen and oxygen atoms in total. The highest BCUT2D eigenvalue weighted by atomic mass is 16.2. The van der Waals surface area contributed by atoms with Crippen molar-refractivity contribution in [1.82, 2.24) is 14.7 Å². The number of amides is 2. The summed E-state index contributed by atoms with van der Waals surface area (Å²) in [5, 5.41) is 13.6. The third-order valence-electron chi connectivity index (χ3n) is 5.00. The van der Waals surface area contributed by atoms with Crippen molar-refractivity contribution in [2.45, 2.75) is 26.4 Å². The molecule has 0 saturated heterocycles. The standard InChI is InChI=1S/C22H18N4O2/c1-14-11-16(7-8-17(14)12-23)20-9-10-25(24-20)13-15(2)26-21(27)18-5-3-4-6-19(18)22(26)28/h3-11,15H,13H2,1-2H3/t15-/m0/s1. The Morgan fingerprint density at radius 3 is 2.36 bits per heavy atom. The van der Waals surface area contributed by atoms with Gasteiger partial charge in [0.2, 0.25) is 0 Å². The summed E-state index contributed by atoms with van der Waals surface area (Å²) >= 11 is 0. The van der Waals surface area contributed by atoms with E-state index in [1.165, 1.54) is 4.90 Å². The van der Waals surface area contributed by atoms with Gasteiger partial charge in [0.15, 0.2) is 0 Å². The predicted molar refractivity (Wildman–Crippen MR) is 104 cm³/mol. The normalized spacial score (nSPS) is 14.1. The van der Waals surface area contributed by atoms with E-state index in [2.05, 4.69) is 11.2 Å². The quantitative estimate of drug-likeness (QED) is 0.659. The third-order valence-corrected chi connectivity index (χ3v) is 5.00. The molecule has 0 N–H and O–H groups in total. The van der Waals surface area contributed by atoms with Crippen molar-refractivity contribution in [2.24, 2.45) is 0 Å². The lowest BCUT2D eigenvalue weighted by Gasteiger charge is -2.22. The summed E-state index contributed by atoms with van der Waals surface area (Å²) in [5.74, 6) is -0.522. The second kappa shape index (κ2) is 6.78. The molecule has 1 aliphatic rings. The minimum Gasteiger partial charge on any atom is -0.270 e. The molecule has 6 heteroatoms. The van der Waals surface area contributed by atoms with Gasteiger partial charge in [0.1, 0.15) is 0 Å². The zero-order valence-corrected chi connectivity index (χ0v) is 15.6. The molecule has 0 fully saturated rings. The molecule has 1 atom stereocenters. The fourth-order valence-electron chi connectivity index (χ4n) is 3.53. The molecule has 0 spiro atoms. The van der Waals surface area contributed by atoms with Crippen molar-refractivity contribution in [3.8, 4) is 17.3 Å². The monoisotopic (exact) mass is 370 g/mol. The van der Waals surface area contributed by atoms with E-state index in [0.717, 1.165) is 16.8 Å². The maximum absolute atomic E-state index is 12.6. The largest absolute Gasteiger partial charge is 0.270 e. The molecule has 0 bridgehead atoms. The molecule has 3 aromatic rings. The Kier molecular flexibility index (Phi) is 4.28. The van der Waals surface area contributed by atoms with Crippen LogP contribution in [0.25, 0.3) is 11.3 Å². The number of rotatable bonds is 4. The van der Waals surface area contributed by atoms with E-state index in [0.29, 0.717) is 23.2 Å². The number of fused-ring (bicyclic) bond motifs is 1. The first-order valence-corrected chi connectivity index (χ1v) is 9.01. The van der Waals surface area contributed by atoms with Gasteiger partial charge in [-0.15, -0.1) is 0 Å². The van der Waals surface area contributed by atoms with Crippen LogP contribution in [0.5, 0.6) is 0 Å². The number of carbonyl (C=O) groups excluding carboxylic acids is 2.